The van der Waals surface area contributed by atoms with Crippen LogP contribution >= 0.6 is 15.9 Å². The fraction of sp³-hybridized carbons (Fsp3) is 0.250. The molecule has 1 rings (SSSR count). The van der Waals surface area contributed by atoms with Crippen LogP contribution in [0.3, 0.4) is 0 Å². The summed E-state index contributed by atoms with van der Waals surface area (Å²) in [5.41, 5.74) is 1.63. The van der Waals surface area contributed by atoms with E-state index in [1.54, 1.807) is 12.1 Å². The molecule has 0 heterocycles. The Morgan fingerprint density at radius 3 is 2.93 bits per heavy atom. The van der Waals surface area contributed by atoms with Gasteiger partial charge in [0.2, 0.25) is 0 Å². The maximum atomic E-state index is 10.7. The van der Waals surface area contributed by atoms with Gasteiger partial charge in [0, 0.05) is 10.0 Å². The monoisotopic (exact) mass is 268 g/mol. The van der Waals surface area contributed by atoms with Crippen molar-refractivity contribution in [3.63, 3.8) is 0 Å². The minimum Gasteiger partial charge on any atom is -0.489 e. The maximum absolute atomic E-state index is 10.7. The Bertz CT molecular complexity index is 372. The third kappa shape index (κ3) is 3.51. The Hall–Kier alpha value is -1.09. The number of carbonyl (C=O) groups is 1. The van der Waals surface area contributed by atoms with Crippen LogP contribution in [0.15, 0.2) is 34.8 Å². The molecule has 1 aromatic rings. The van der Waals surface area contributed by atoms with E-state index in [9.17, 15) is 4.79 Å². The lowest BCUT2D eigenvalue weighted by atomic mass is 10.2. The highest BCUT2D eigenvalue weighted by Gasteiger charge is 2.01. The van der Waals surface area contributed by atoms with E-state index in [1.807, 2.05) is 13.0 Å². The molecule has 1 aromatic carbocycles. The van der Waals surface area contributed by atoms with Crippen molar-refractivity contribution in [2.24, 2.45) is 0 Å². The molecule has 0 unspecified atom stereocenters. The zero-order chi connectivity index (χ0) is 11.3. The number of aldehydes is 1. The summed E-state index contributed by atoms with van der Waals surface area (Å²) in [5.74, 6) is 0.690. The SMILES string of the molecule is C=C(CC)COc1ccc(Br)c(C=O)c1. The van der Waals surface area contributed by atoms with Crippen molar-refractivity contribution < 1.29 is 9.53 Å². The smallest absolute Gasteiger partial charge is 0.151 e. The Labute approximate surface area is 98.1 Å². The first-order chi connectivity index (χ1) is 7.17. The summed E-state index contributed by atoms with van der Waals surface area (Å²) in [7, 11) is 0. The van der Waals surface area contributed by atoms with Gasteiger partial charge in [0.25, 0.3) is 0 Å². The second-order valence-corrected chi connectivity index (χ2v) is 4.05. The fourth-order valence-electron chi connectivity index (χ4n) is 0.989. The van der Waals surface area contributed by atoms with Crippen LogP contribution in [0, 0.1) is 0 Å². The molecule has 80 valence electrons. The number of halogens is 1. The molecule has 0 aromatic heterocycles. The summed E-state index contributed by atoms with van der Waals surface area (Å²) < 4.78 is 6.25. The van der Waals surface area contributed by atoms with Crippen LogP contribution in [0.2, 0.25) is 0 Å². The zero-order valence-corrected chi connectivity index (χ0v) is 10.2. The Balaban J connectivity index is 2.70. The molecule has 0 bridgehead atoms. The molecule has 0 saturated heterocycles. The van der Waals surface area contributed by atoms with E-state index in [0.717, 1.165) is 22.8 Å². The highest BCUT2D eigenvalue weighted by Crippen LogP contribution is 2.21. The zero-order valence-electron chi connectivity index (χ0n) is 8.63. The molecule has 0 atom stereocenters. The van der Waals surface area contributed by atoms with Crippen LogP contribution in [0.25, 0.3) is 0 Å². The van der Waals surface area contributed by atoms with Crippen LogP contribution in [-0.4, -0.2) is 12.9 Å². The summed E-state index contributed by atoms with van der Waals surface area (Å²) in [5, 5.41) is 0. The molecule has 0 saturated carbocycles. The number of hydrogen-bond donors (Lipinski definition) is 0. The van der Waals surface area contributed by atoms with E-state index in [2.05, 4.69) is 22.5 Å². The molecule has 0 aliphatic heterocycles. The van der Waals surface area contributed by atoms with Crippen molar-refractivity contribution >= 4 is 22.2 Å². The van der Waals surface area contributed by atoms with Crippen molar-refractivity contribution in [1.82, 2.24) is 0 Å². The van der Waals surface area contributed by atoms with Gasteiger partial charge in [-0.25, -0.2) is 0 Å². The number of ether oxygens (including phenoxy) is 1. The van der Waals surface area contributed by atoms with Crippen molar-refractivity contribution in [2.75, 3.05) is 6.61 Å². The van der Waals surface area contributed by atoms with Crippen molar-refractivity contribution in [2.45, 2.75) is 13.3 Å². The van der Waals surface area contributed by atoms with Crippen LogP contribution in [0.5, 0.6) is 5.75 Å². The van der Waals surface area contributed by atoms with Gasteiger partial charge in [-0.2, -0.15) is 0 Å². The number of rotatable bonds is 5. The van der Waals surface area contributed by atoms with E-state index in [4.69, 9.17) is 4.74 Å². The van der Waals surface area contributed by atoms with E-state index >= 15 is 0 Å². The molecule has 15 heavy (non-hydrogen) atoms. The van der Waals surface area contributed by atoms with Gasteiger partial charge < -0.3 is 4.74 Å². The van der Waals surface area contributed by atoms with Crippen molar-refractivity contribution in [3.8, 4) is 5.75 Å². The van der Waals surface area contributed by atoms with Crippen molar-refractivity contribution in [3.05, 3.63) is 40.4 Å². The highest BCUT2D eigenvalue weighted by atomic mass is 79.9. The molecule has 0 amide bonds. The molecule has 0 fully saturated rings. The van der Waals surface area contributed by atoms with Crippen LogP contribution < -0.4 is 4.74 Å². The van der Waals surface area contributed by atoms with Gasteiger partial charge in [-0.15, -0.1) is 0 Å². The van der Waals surface area contributed by atoms with Gasteiger partial charge in [-0.05, 0) is 30.2 Å². The van der Waals surface area contributed by atoms with Gasteiger partial charge in [-0.3, -0.25) is 4.79 Å². The lowest BCUT2D eigenvalue weighted by molar-refractivity contribution is 0.112. The standard InChI is InChI=1S/C12H13BrO2/c1-3-9(2)8-15-11-4-5-12(13)10(6-11)7-14/h4-7H,2-3,8H2,1H3. The average Bonchev–Trinajstić information content (AvgIpc) is 2.27. The molecule has 0 aliphatic carbocycles. The first kappa shape index (κ1) is 12.0. The predicted octanol–water partition coefficient (Wildman–Crippen LogP) is 3.61. The van der Waals surface area contributed by atoms with Gasteiger partial charge in [0.1, 0.15) is 12.4 Å². The quantitative estimate of drug-likeness (QED) is 0.603. The lowest BCUT2D eigenvalue weighted by Crippen LogP contribution is -1.99. The topological polar surface area (TPSA) is 26.3 Å². The molecule has 0 N–H and O–H groups in total. The third-order valence-electron chi connectivity index (χ3n) is 2.04. The Morgan fingerprint density at radius 1 is 1.60 bits per heavy atom. The number of hydrogen-bond acceptors (Lipinski definition) is 2. The van der Waals surface area contributed by atoms with Gasteiger partial charge in [-0.1, -0.05) is 29.4 Å². The average molecular weight is 269 g/mol. The number of carbonyl (C=O) groups excluding carboxylic acids is 1. The summed E-state index contributed by atoms with van der Waals surface area (Å²) >= 11 is 3.28. The van der Waals surface area contributed by atoms with Gasteiger partial charge in [0.15, 0.2) is 6.29 Å². The van der Waals surface area contributed by atoms with E-state index in [-0.39, 0.29) is 0 Å². The molecule has 2 nitrogen and oxygen atoms in total. The molecule has 3 heteroatoms. The first-order valence-corrected chi connectivity index (χ1v) is 5.50. The Morgan fingerprint density at radius 2 is 2.33 bits per heavy atom. The van der Waals surface area contributed by atoms with Crippen LogP contribution in [0.4, 0.5) is 0 Å². The largest absolute Gasteiger partial charge is 0.489 e. The minimum atomic E-state index is 0.496. The number of benzene rings is 1. The summed E-state index contributed by atoms with van der Waals surface area (Å²) in [6.45, 7) is 6.37. The second kappa shape index (κ2) is 5.71. The lowest BCUT2D eigenvalue weighted by Gasteiger charge is -2.07. The molecular formula is C12H13BrO2. The summed E-state index contributed by atoms with van der Waals surface area (Å²) in [6.07, 6.45) is 1.70. The van der Waals surface area contributed by atoms with E-state index in [1.165, 1.54) is 0 Å². The van der Waals surface area contributed by atoms with E-state index < -0.39 is 0 Å². The van der Waals surface area contributed by atoms with Crippen molar-refractivity contribution in [1.29, 1.82) is 0 Å². The molecule has 0 radical (unpaired) electrons. The van der Waals surface area contributed by atoms with Crippen LogP contribution in [0.1, 0.15) is 23.7 Å². The minimum absolute atomic E-state index is 0.496. The molecule has 0 spiro atoms. The van der Waals surface area contributed by atoms with Gasteiger partial charge in [0.05, 0.1) is 0 Å². The predicted molar refractivity (Wildman–Crippen MR) is 64.5 cm³/mol. The molecular weight excluding hydrogens is 256 g/mol. The molecule has 0 aliphatic rings. The third-order valence-corrected chi connectivity index (χ3v) is 2.76. The second-order valence-electron chi connectivity index (χ2n) is 3.19. The van der Waals surface area contributed by atoms with Crippen LogP contribution in [-0.2, 0) is 0 Å². The van der Waals surface area contributed by atoms with Gasteiger partial charge >= 0.3 is 0 Å². The fourth-order valence-corrected chi connectivity index (χ4v) is 1.33. The van der Waals surface area contributed by atoms with E-state index in [0.29, 0.717) is 17.9 Å². The Kier molecular flexibility index (Phi) is 4.56. The maximum Gasteiger partial charge on any atom is 0.151 e. The summed E-state index contributed by atoms with van der Waals surface area (Å²) in [4.78, 5) is 10.7. The summed E-state index contributed by atoms with van der Waals surface area (Å²) in [6, 6.07) is 5.33. The normalized spacial score (nSPS) is 9.73. The first-order valence-electron chi connectivity index (χ1n) is 4.71. The highest BCUT2D eigenvalue weighted by molar-refractivity contribution is 9.10.